The Morgan fingerprint density at radius 2 is 2.10 bits per heavy atom. The van der Waals surface area contributed by atoms with Gasteiger partial charge in [0.05, 0.1) is 0 Å². The smallest absolute Gasteiger partial charge is 0.244 e. The van der Waals surface area contributed by atoms with Gasteiger partial charge >= 0.3 is 0 Å². The third kappa shape index (κ3) is 3.53. The van der Waals surface area contributed by atoms with Crippen molar-refractivity contribution in [2.75, 3.05) is 13.1 Å². The lowest BCUT2D eigenvalue weighted by atomic mass is 9.89. The zero-order valence-corrected chi connectivity index (χ0v) is 13.4. The van der Waals surface area contributed by atoms with Crippen LogP contribution in [0.25, 0.3) is 0 Å². The quantitative estimate of drug-likeness (QED) is 0.855. The summed E-state index contributed by atoms with van der Waals surface area (Å²) in [6.07, 6.45) is 5.58. The molecule has 0 saturated carbocycles. The number of benzene rings is 1. The number of amides is 1. The van der Waals surface area contributed by atoms with Crippen molar-refractivity contribution >= 4 is 21.8 Å². The first kappa shape index (κ1) is 14.3. The van der Waals surface area contributed by atoms with Crippen molar-refractivity contribution in [2.45, 2.75) is 25.3 Å². The Bertz CT molecular complexity index is 604. The Morgan fingerprint density at radius 3 is 2.76 bits per heavy atom. The molecule has 0 radical (unpaired) electrons. The number of hydrogen-bond donors (Lipinski definition) is 0. The van der Waals surface area contributed by atoms with Crippen LogP contribution in [0.4, 0.5) is 0 Å². The fourth-order valence-electron chi connectivity index (χ4n) is 2.86. The van der Waals surface area contributed by atoms with Crippen molar-refractivity contribution in [2.24, 2.45) is 0 Å². The molecule has 3 rings (SSSR count). The van der Waals surface area contributed by atoms with Crippen molar-refractivity contribution in [1.29, 1.82) is 0 Å². The second-order valence-electron chi connectivity index (χ2n) is 5.41. The first-order chi connectivity index (χ1) is 10.2. The molecule has 1 aromatic heterocycles. The normalized spacial score (nSPS) is 16.1. The number of carbonyl (C=O) groups excluding carboxylic acids is 1. The van der Waals surface area contributed by atoms with E-state index in [9.17, 15) is 4.79 Å². The maximum absolute atomic E-state index is 12.2. The molecule has 0 bridgehead atoms. The van der Waals surface area contributed by atoms with Gasteiger partial charge in [0.15, 0.2) is 0 Å². The van der Waals surface area contributed by atoms with Gasteiger partial charge < -0.3 is 4.90 Å². The van der Waals surface area contributed by atoms with Gasteiger partial charge in [-0.05, 0) is 42.5 Å². The predicted octanol–water partition coefficient (Wildman–Crippen LogP) is 3.05. The molecule has 2 heterocycles. The van der Waals surface area contributed by atoms with Crippen LogP contribution >= 0.6 is 15.9 Å². The molecule has 0 aliphatic carbocycles. The molecular formula is C16H18BrN3O. The number of rotatable bonds is 3. The molecule has 0 N–H and O–H groups in total. The van der Waals surface area contributed by atoms with E-state index in [4.69, 9.17) is 0 Å². The van der Waals surface area contributed by atoms with E-state index < -0.39 is 0 Å². The molecule has 1 fully saturated rings. The number of hydrogen-bond acceptors (Lipinski definition) is 2. The average Bonchev–Trinajstić information content (AvgIpc) is 3.00. The molecule has 1 aliphatic heterocycles. The number of piperidine rings is 1. The van der Waals surface area contributed by atoms with Crippen LogP contribution in [0.15, 0.2) is 47.2 Å². The number of nitrogens with zero attached hydrogens (tertiary/aromatic N) is 3. The topological polar surface area (TPSA) is 38.1 Å². The van der Waals surface area contributed by atoms with Gasteiger partial charge in [-0.2, -0.15) is 5.10 Å². The number of aromatic nitrogens is 2. The van der Waals surface area contributed by atoms with Crippen molar-refractivity contribution < 1.29 is 4.79 Å². The van der Waals surface area contributed by atoms with Crippen molar-refractivity contribution in [3.8, 4) is 0 Å². The maximum atomic E-state index is 12.2. The Morgan fingerprint density at radius 1 is 1.29 bits per heavy atom. The Balaban J connectivity index is 1.56. The lowest BCUT2D eigenvalue weighted by Gasteiger charge is -2.32. The summed E-state index contributed by atoms with van der Waals surface area (Å²) in [6.45, 7) is 2.00. The van der Waals surface area contributed by atoms with Gasteiger partial charge in [-0.15, -0.1) is 0 Å². The Hall–Kier alpha value is -1.62. The summed E-state index contributed by atoms with van der Waals surface area (Å²) in [5.41, 5.74) is 1.36. The third-order valence-corrected chi connectivity index (χ3v) is 4.52. The number of likely N-dealkylation sites (tertiary alicyclic amines) is 1. The largest absolute Gasteiger partial charge is 0.341 e. The van der Waals surface area contributed by atoms with Crippen LogP contribution in [0.2, 0.25) is 0 Å². The third-order valence-electron chi connectivity index (χ3n) is 4.02. The van der Waals surface area contributed by atoms with Crippen LogP contribution in [0.5, 0.6) is 0 Å². The van der Waals surface area contributed by atoms with E-state index in [0.29, 0.717) is 12.5 Å². The molecule has 2 aromatic rings. The van der Waals surface area contributed by atoms with E-state index in [-0.39, 0.29) is 5.91 Å². The molecular weight excluding hydrogens is 330 g/mol. The highest BCUT2D eigenvalue weighted by atomic mass is 79.9. The van der Waals surface area contributed by atoms with Crippen LogP contribution in [0.3, 0.4) is 0 Å². The molecule has 4 nitrogen and oxygen atoms in total. The highest BCUT2D eigenvalue weighted by Crippen LogP contribution is 2.29. The van der Waals surface area contributed by atoms with E-state index >= 15 is 0 Å². The molecule has 1 aliphatic rings. The van der Waals surface area contributed by atoms with Crippen LogP contribution in [0, 0.1) is 0 Å². The van der Waals surface area contributed by atoms with Gasteiger partial charge in [-0.25, -0.2) is 0 Å². The molecule has 5 heteroatoms. The van der Waals surface area contributed by atoms with E-state index in [0.717, 1.165) is 30.4 Å². The lowest BCUT2D eigenvalue weighted by Crippen LogP contribution is -2.39. The van der Waals surface area contributed by atoms with Crippen molar-refractivity contribution in [1.82, 2.24) is 14.7 Å². The molecule has 1 saturated heterocycles. The second kappa shape index (κ2) is 6.43. The van der Waals surface area contributed by atoms with E-state index in [1.165, 1.54) is 5.56 Å². The zero-order chi connectivity index (χ0) is 14.7. The molecule has 1 aromatic carbocycles. The highest BCUT2D eigenvalue weighted by molar-refractivity contribution is 9.10. The Kier molecular flexibility index (Phi) is 4.39. The van der Waals surface area contributed by atoms with Gasteiger partial charge in [0.25, 0.3) is 0 Å². The van der Waals surface area contributed by atoms with Crippen LogP contribution in [-0.2, 0) is 11.3 Å². The highest BCUT2D eigenvalue weighted by Gasteiger charge is 2.23. The first-order valence-electron chi connectivity index (χ1n) is 7.23. The summed E-state index contributed by atoms with van der Waals surface area (Å²) in [5.74, 6) is 0.711. The monoisotopic (exact) mass is 347 g/mol. The lowest BCUT2D eigenvalue weighted by molar-refractivity contribution is -0.133. The molecule has 0 unspecified atom stereocenters. The van der Waals surface area contributed by atoms with Gasteiger partial charge in [0.2, 0.25) is 5.91 Å². The van der Waals surface area contributed by atoms with Gasteiger partial charge in [0.1, 0.15) is 6.54 Å². The van der Waals surface area contributed by atoms with Crippen LogP contribution in [0.1, 0.15) is 24.3 Å². The van der Waals surface area contributed by atoms with Gasteiger partial charge in [0, 0.05) is 30.0 Å². The predicted molar refractivity (Wildman–Crippen MR) is 84.9 cm³/mol. The van der Waals surface area contributed by atoms with E-state index in [2.05, 4.69) is 39.2 Å². The molecule has 21 heavy (non-hydrogen) atoms. The fraction of sp³-hybridized carbons (Fsp3) is 0.375. The summed E-state index contributed by atoms with van der Waals surface area (Å²) in [5, 5.41) is 4.09. The summed E-state index contributed by atoms with van der Waals surface area (Å²) in [6, 6.07) is 10.3. The Labute approximate surface area is 132 Å². The van der Waals surface area contributed by atoms with Gasteiger partial charge in [-0.3, -0.25) is 9.48 Å². The molecule has 110 valence electrons. The minimum atomic E-state index is 0.159. The standard InChI is InChI=1S/C16H18BrN3O/c17-15-4-1-3-14(11-15)13-5-9-19(10-6-13)16(21)12-20-8-2-7-18-20/h1-4,7-8,11,13H,5-6,9-10,12H2. The fourth-order valence-corrected chi connectivity index (χ4v) is 3.27. The molecule has 0 spiro atoms. The summed E-state index contributed by atoms with van der Waals surface area (Å²) in [7, 11) is 0. The SMILES string of the molecule is O=C(Cn1cccn1)N1CCC(c2cccc(Br)c2)CC1. The van der Waals surface area contributed by atoms with E-state index in [1.807, 2.05) is 23.2 Å². The number of halogens is 1. The zero-order valence-electron chi connectivity index (χ0n) is 11.8. The second-order valence-corrected chi connectivity index (χ2v) is 6.33. The van der Waals surface area contributed by atoms with Gasteiger partial charge in [-0.1, -0.05) is 28.1 Å². The van der Waals surface area contributed by atoms with Crippen LogP contribution < -0.4 is 0 Å². The summed E-state index contributed by atoms with van der Waals surface area (Å²) >= 11 is 3.52. The minimum absolute atomic E-state index is 0.159. The van der Waals surface area contributed by atoms with Crippen LogP contribution in [-0.4, -0.2) is 33.7 Å². The minimum Gasteiger partial charge on any atom is -0.341 e. The maximum Gasteiger partial charge on any atom is 0.244 e. The molecule has 0 atom stereocenters. The summed E-state index contributed by atoms with van der Waals surface area (Å²) < 4.78 is 2.81. The number of carbonyl (C=O) groups is 1. The van der Waals surface area contributed by atoms with Crippen molar-refractivity contribution in [3.05, 3.63) is 52.8 Å². The van der Waals surface area contributed by atoms with Crippen molar-refractivity contribution in [3.63, 3.8) is 0 Å². The van der Waals surface area contributed by atoms with E-state index in [1.54, 1.807) is 10.9 Å². The average molecular weight is 348 g/mol. The first-order valence-corrected chi connectivity index (χ1v) is 8.02. The summed E-state index contributed by atoms with van der Waals surface area (Å²) in [4.78, 5) is 14.2. The molecule has 1 amide bonds.